The van der Waals surface area contributed by atoms with Gasteiger partial charge in [0.25, 0.3) is 5.56 Å². The molecule has 2 aromatic carbocycles. The number of fused-ring (bicyclic) bond motifs is 4. The van der Waals surface area contributed by atoms with Gasteiger partial charge in [-0.3, -0.25) is 14.2 Å². The van der Waals surface area contributed by atoms with Crippen molar-refractivity contribution in [2.45, 2.75) is 39.3 Å². The number of rotatable bonds is 1. The van der Waals surface area contributed by atoms with Gasteiger partial charge < -0.3 is 14.5 Å². The molecule has 1 fully saturated rings. The Labute approximate surface area is 214 Å². The van der Waals surface area contributed by atoms with E-state index in [-0.39, 0.29) is 34.2 Å². The monoisotopic (exact) mass is 590 g/mol. The summed E-state index contributed by atoms with van der Waals surface area (Å²) in [6, 6.07) is 7.74. The van der Waals surface area contributed by atoms with Crippen LogP contribution in [0.2, 0.25) is 0 Å². The van der Waals surface area contributed by atoms with E-state index in [0.717, 1.165) is 3.57 Å². The van der Waals surface area contributed by atoms with Crippen LogP contribution in [0.3, 0.4) is 0 Å². The van der Waals surface area contributed by atoms with Gasteiger partial charge in [0.15, 0.2) is 5.82 Å². The van der Waals surface area contributed by atoms with Crippen LogP contribution >= 0.6 is 22.6 Å². The van der Waals surface area contributed by atoms with E-state index in [1.807, 2.05) is 32.6 Å². The van der Waals surface area contributed by atoms with E-state index < -0.39 is 23.1 Å². The maximum absolute atomic E-state index is 15.3. The Morgan fingerprint density at radius 2 is 1.89 bits per heavy atom. The molecule has 0 spiro atoms. The summed E-state index contributed by atoms with van der Waals surface area (Å²) >= 11 is 2.11. The van der Waals surface area contributed by atoms with Crippen LogP contribution in [0.5, 0.6) is 0 Å². The zero-order valence-corrected chi connectivity index (χ0v) is 21.9. The predicted octanol–water partition coefficient (Wildman–Crippen LogP) is 4.12. The third-order valence-electron chi connectivity index (χ3n) is 6.17. The Hall–Kier alpha value is -3.02. The van der Waals surface area contributed by atoms with Gasteiger partial charge in [-0.25, -0.2) is 14.2 Å². The maximum atomic E-state index is 15.3. The van der Waals surface area contributed by atoms with Gasteiger partial charge in [-0.2, -0.15) is 0 Å². The molecule has 1 aromatic heterocycles. The van der Waals surface area contributed by atoms with Crippen LogP contribution in [-0.4, -0.2) is 57.6 Å². The minimum Gasteiger partial charge on any atom is -0.444 e. The molecule has 2 aliphatic rings. The first-order chi connectivity index (χ1) is 16.4. The molecule has 0 bridgehead atoms. The van der Waals surface area contributed by atoms with Gasteiger partial charge in [-0.1, -0.05) is 0 Å². The summed E-state index contributed by atoms with van der Waals surface area (Å²) in [5, 5.41) is 0.106. The van der Waals surface area contributed by atoms with Gasteiger partial charge in [-0.15, -0.1) is 0 Å². The molecule has 182 valence electrons. The third-order valence-corrected chi connectivity index (χ3v) is 6.84. The fourth-order valence-electron chi connectivity index (χ4n) is 4.60. The van der Waals surface area contributed by atoms with Gasteiger partial charge in [0.2, 0.25) is 5.78 Å². The van der Waals surface area contributed by atoms with E-state index >= 15 is 4.39 Å². The van der Waals surface area contributed by atoms with Crippen molar-refractivity contribution in [1.82, 2.24) is 14.5 Å². The summed E-state index contributed by atoms with van der Waals surface area (Å²) in [6.07, 6.45) is -0.402. The lowest BCUT2D eigenvalue weighted by molar-refractivity contribution is 0.0218. The zero-order chi connectivity index (χ0) is 25.2. The maximum Gasteiger partial charge on any atom is 0.410 e. The van der Waals surface area contributed by atoms with E-state index in [0.29, 0.717) is 30.9 Å². The number of nitrogens with zero attached hydrogens (tertiary/aromatic N) is 4. The minimum atomic E-state index is -0.600. The normalized spacial score (nSPS) is 17.5. The number of piperazine rings is 1. The number of hydrogen-bond donors (Lipinski definition) is 0. The minimum absolute atomic E-state index is 0.0276. The summed E-state index contributed by atoms with van der Waals surface area (Å²) < 4.78 is 22.9. The van der Waals surface area contributed by atoms with Gasteiger partial charge in [0, 0.05) is 29.2 Å². The lowest BCUT2D eigenvalue weighted by atomic mass is 10.1. The van der Waals surface area contributed by atoms with Gasteiger partial charge in [0.05, 0.1) is 27.8 Å². The molecule has 0 radical (unpaired) electrons. The van der Waals surface area contributed by atoms with Gasteiger partial charge in [0.1, 0.15) is 11.4 Å². The van der Waals surface area contributed by atoms with Crippen LogP contribution < -0.4 is 10.5 Å². The lowest BCUT2D eigenvalue weighted by Crippen LogP contribution is -2.54. The zero-order valence-electron chi connectivity index (χ0n) is 19.8. The number of aromatic nitrogens is 2. The summed E-state index contributed by atoms with van der Waals surface area (Å²) in [6.45, 7) is 8.44. The summed E-state index contributed by atoms with van der Waals surface area (Å²) in [5.74, 6) is -0.857. The predicted molar refractivity (Wildman–Crippen MR) is 138 cm³/mol. The smallest absolute Gasteiger partial charge is 0.410 e. The second-order valence-electron chi connectivity index (χ2n) is 9.86. The largest absolute Gasteiger partial charge is 0.444 e. The second kappa shape index (κ2) is 8.28. The SMILES string of the molecule is CC1CN(C(=O)OC(C)(C)C)CCN1c1cc2nc3n(c(=O)c2cc1F)-c1ccc(I)cc1C3=O. The summed E-state index contributed by atoms with van der Waals surface area (Å²) in [7, 11) is 0. The van der Waals surface area contributed by atoms with Crippen molar-refractivity contribution >= 4 is 51.1 Å². The molecule has 8 nitrogen and oxygen atoms in total. The molecule has 0 N–H and O–H groups in total. The molecule has 1 amide bonds. The molecular formula is C25H24FIN4O4. The Morgan fingerprint density at radius 1 is 1.14 bits per heavy atom. The molecule has 2 aliphatic heterocycles. The van der Waals surface area contributed by atoms with Crippen molar-refractivity contribution in [3.63, 3.8) is 0 Å². The highest BCUT2D eigenvalue weighted by atomic mass is 127. The van der Waals surface area contributed by atoms with E-state index in [1.165, 1.54) is 16.7 Å². The fourth-order valence-corrected chi connectivity index (χ4v) is 5.10. The standard InChI is InChI=1S/C25H24FIN4O4/c1-13-12-29(24(34)35-25(2,3)4)7-8-30(13)20-11-18-15(10-17(20)26)23(33)31-19-6-5-14(27)9-16(19)21(32)22(31)28-18/h5-6,9-11,13H,7-8,12H2,1-4H3. The van der Waals surface area contributed by atoms with E-state index in [1.54, 1.807) is 23.1 Å². The molecule has 0 saturated carbocycles. The van der Waals surface area contributed by atoms with Crippen molar-refractivity contribution in [2.75, 3.05) is 24.5 Å². The average Bonchev–Trinajstić information content (AvgIpc) is 3.04. The first kappa shape index (κ1) is 23.7. The number of ketones is 1. The van der Waals surface area contributed by atoms with Crippen molar-refractivity contribution < 1.29 is 18.7 Å². The summed E-state index contributed by atoms with van der Waals surface area (Å²) in [4.78, 5) is 46.7. The number of amides is 1. The molecule has 35 heavy (non-hydrogen) atoms. The lowest BCUT2D eigenvalue weighted by Gasteiger charge is -2.41. The summed E-state index contributed by atoms with van der Waals surface area (Å²) in [5.41, 5.74) is 0.327. The number of anilines is 1. The highest BCUT2D eigenvalue weighted by Gasteiger charge is 2.33. The van der Waals surface area contributed by atoms with Crippen molar-refractivity contribution in [2.24, 2.45) is 0 Å². The molecule has 1 atom stereocenters. The Morgan fingerprint density at radius 3 is 2.57 bits per heavy atom. The molecular weight excluding hydrogens is 566 g/mol. The molecule has 3 heterocycles. The van der Waals surface area contributed by atoms with Crippen LogP contribution in [0, 0.1) is 9.39 Å². The van der Waals surface area contributed by atoms with Gasteiger partial charge in [-0.05, 0) is 80.6 Å². The van der Waals surface area contributed by atoms with Crippen molar-refractivity contribution in [3.8, 4) is 5.69 Å². The van der Waals surface area contributed by atoms with E-state index in [9.17, 15) is 14.4 Å². The van der Waals surface area contributed by atoms with Crippen LogP contribution in [0.25, 0.3) is 16.6 Å². The number of carbonyl (C=O) groups is 2. The van der Waals surface area contributed by atoms with Crippen LogP contribution in [-0.2, 0) is 4.74 Å². The van der Waals surface area contributed by atoms with Crippen molar-refractivity contribution in [1.29, 1.82) is 0 Å². The van der Waals surface area contributed by atoms with Crippen LogP contribution in [0.1, 0.15) is 43.9 Å². The number of carbonyl (C=O) groups excluding carboxylic acids is 2. The number of hydrogen-bond acceptors (Lipinski definition) is 6. The third kappa shape index (κ3) is 4.07. The Kier molecular flexibility index (Phi) is 5.61. The van der Waals surface area contributed by atoms with Gasteiger partial charge >= 0.3 is 6.09 Å². The molecule has 1 unspecified atom stereocenters. The molecule has 10 heteroatoms. The topological polar surface area (TPSA) is 84.7 Å². The number of benzene rings is 2. The molecule has 0 aliphatic carbocycles. The highest BCUT2D eigenvalue weighted by Crippen LogP contribution is 2.31. The Bertz CT molecular complexity index is 1460. The van der Waals surface area contributed by atoms with Crippen LogP contribution in [0.15, 0.2) is 35.1 Å². The first-order valence-corrected chi connectivity index (χ1v) is 12.4. The molecule has 3 aromatic rings. The van der Waals surface area contributed by atoms with Crippen molar-refractivity contribution in [3.05, 3.63) is 61.5 Å². The number of ether oxygens (including phenoxy) is 1. The molecule has 1 saturated heterocycles. The van der Waals surface area contributed by atoms with E-state index in [4.69, 9.17) is 4.74 Å². The van der Waals surface area contributed by atoms with E-state index in [2.05, 4.69) is 27.6 Å². The molecule has 5 rings (SSSR count). The number of halogens is 2. The average molecular weight is 590 g/mol. The quantitative estimate of drug-likeness (QED) is 0.311. The fraction of sp³-hybridized carbons (Fsp3) is 0.360. The Balaban J connectivity index is 1.50. The highest BCUT2D eigenvalue weighted by molar-refractivity contribution is 14.1. The second-order valence-corrected chi connectivity index (χ2v) is 11.1. The first-order valence-electron chi connectivity index (χ1n) is 11.3. The van der Waals surface area contributed by atoms with Crippen LogP contribution in [0.4, 0.5) is 14.9 Å².